The van der Waals surface area contributed by atoms with Crippen molar-refractivity contribution >= 4 is 12.4 Å². The Kier molecular flexibility index (Phi) is 5.54. The average molecular weight is 215 g/mol. The molecule has 0 radical (unpaired) electrons. The zero-order valence-corrected chi connectivity index (χ0v) is 10.4. The Labute approximate surface area is 116 Å². The first-order valence-electron chi connectivity index (χ1n) is 3.23. The molecule has 7 heteroatoms. The number of hydrogen-bond acceptors (Lipinski definition) is 2. The van der Waals surface area contributed by atoms with Crippen LogP contribution < -0.4 is 61.6 Å². The van der Waals surface area contributed by atoms with Gasteiger partial charge in [-0.1, -0.05) is 11.5 Å². The summed E-state index contributed by atoms with van der Waals surface area (Å²) in [5.74, 6) is -0.231. The molecule has 0 aliphatic rings. The van der Waals surface area contributed by atoms with Crippen LogP contribution in [0.3, 0.4) is 0 Å². The molecule has 0 atom stereocenters. The van der Waals surface area contributed by atoms with E-state index >= 15 is 0 Å². The van der Waals surface area contributed by atoms with Crippen LogP contribution in [0.1, 0.15) is 0 Å². The molecule has 0 aliphatic heterocycles. The van der Waals surface area contributed by atoms with Gasteiger partial charge in [-0.2, -0.15) is 0 Å². The maximum atomic E-state index is 12.2. The second kappa shape index (κ2) is 5.35. The maximum Gasteiger partial charge on any atom is 1.00 e. The van der Waals surface area contributed by atoms with Crippen molar-refractivity contribution in [3.8, 4) is 5.75 Å². The molecule has 66 valence electrons. The SMILES string of the molecule is COc1cnccc1[B-](F)(F)F.[K+]. The maximum absolute atomic E-state index is 12.2. The van der Waals surface area contributed by atoms with E-state index in [0.29, 0.717) is 0 Å². The number of nitrogens with zero attached hydrogens (tertiary/aromatic N) is 1. The van der Waals surface area contributed by atoms with Crippen molar-refractivity contribution in [3.63, 3.8) is 0 Å². The van der Waals surface area contributed by atoms with Crippen LogP contribution in [0, 0.1) is 0 Å². The van der Waals surface area contributed by atoms with Crippen molar-refractivity contribution in [3.05, 3.63) is 18.5 Å². The van der Waals surface area contributed by atoms with Crippen molar-refractivity contribution in [1.29, 1.82) is 0 Å². The van der Waals surface area contributed by atoms with Gasteiger partial charge in [0.05, 0.1) is 13.3 Å². The van der Waals surface area contributed by atoms with Crippen molar-refractivity contribution < 1.29 is 69.1 Å². The van der Waals surface area contributed by atoms with Gasteiger partial charge in [-0.25, -0.2) is 0 Å². The number of ether oxygens (including phenoxy) is 1. The Morgan fingerprint density at radius 1 is 1.38 bits per heavy atom. The molecule has 1 aromatic heterocycles. The Bertz CT molecular complexity index is 281. The Morgan fingerprint density at radius 2 is 2.00 bits per heavy atom. The molecule has 0 N–H and O–H groups in total. The van der Waals surface area contributed by atoms with Crippen molar-refractivity contribution in [2.24, 2.45) is 0 Å². The Balaban J connectivity index is 0.00000144. The third-order valence-electron chi connectivity index (χ3n) is 1.39. The van der Waals surface area contributed by atoms with Crippen LogP contribution in [0.4, 0.5) is 12.9 Å². The summed E-state index contributed by atoms with van der Waals surface area (Å²) in [5.41, 5.74) is -0.743. The zero-order valence-electron chi connectivity index (χ0n) is 7.30. The third-order valence-corrected chi connectivity index (χ3v) is 1.39. The van der Waals surface area contributed by atoms with Crippen LogP contribution in [0.2, 0.25) is 0 Å². The van der Waals surface area contributed by atoms with Crippen LogP contribution >= 0.6 is 0 Å². The number of halogens is 3. The van der Waals surface area contributed by atoms with Crippen LogP contribution in [0.15, 0.2) is 18.5 Å². The molecular weight excluding hydrogens is 209 g/mol. The molecule has 0 bridgehead atoms. The molecule has 1 aromatic rings. The third kappa shape index (κ3) is 3.59. The van der Waals surface area contributed by atoms with E-state index in [0.717, 1.165) is 18.5 Å². The van der Waals surface area contributed by atoms with Crippen LogP contribution in [-0.2, 0) is 0 Å². The molecule has 0 aromatic carbocycles. The summed E-state index contributed by atoms with van der Waals surface area (Å²) in [6, 6.07) is 0.902. The smallest absolute Gasteiger partial charge is 0.498 e. The first-order chi connectivity index (χ1) is 5.55. The van der Waals surface area contributed by atoms with E-state index in [-0.39, 0.29) is 57.1 Å². The summed E-state index contributed by atoms with van der Waals surface area (Å²) in [6.45, 7) is -5.00. The molecule has 1 rings (SSSR count). The van der Waals surface area contributed by atoms with E-state index in [1.165, 1.54) is 7.11 Å². The fourth-order valence-electron chi connectivity index (χ4n) is 0.832. The van der Waals surface area contributed by atoms with Gasteiger partial charge in [0.15, 0.2) is 0 Å². The summed E-state index contributed by atoms with van der Waals surface area (Å²) in [7, 11) is 1.18. The minimum absolute atomic E-state index is 0. The molecule has 0 fully saturated rings. The van der Waals surface area contributed by atoms with Gasteiger partial charge in [0.25, 0.3) is 0 Å². The van der Waals surface area contributed by atoms with Crippen LogP contribution in [0.25, 0.3) is 0 Å². The van der Waals surface area contributed by atoms with Gasteiger partial charge in [-0.05, 0) is 0 Å². The number of aromatic nitrogens is 1. The van der Waals surface area contributed by atoms with Gasteiger partial charge in [-0.3, -0.25) is 4.98 Å². The molecule has 0 saturated heterocycles. The van der Waals surface area contributed by atoms with Gasteiger partial charge in [0, 0.05) is 6.20 Å². The monoisotopic (exact) mass is 215 g/mol. The summed E-state index contributed by atoms with van der Waals surface area (Å²) < 4.78 is 41.1. The fraction of sp³-hybridized carbons (Fsp3) is 0.167. The number of methoxy groups -OCH3 is 1. The minimum Gasteiger partial charge on any atom is -0.498 e. The van der Waals surface area contributed by atoms with E-state index in [1.54, 1.807) is 0 Å². The Morgan fingerprint density at radius 3 is 2.38 bits per heavy atom. The second-order valence-corrected chi connectivity index (χ2v) is 2.19. The first kappa shape index (κ1) is 13.4. The molecule has 13 heavy (non-hydrogen) atoms. The van der Waals surface area contributed by atoms with Gasteiger partial charge in [0.2, 0.25) is 0 Å². The number of pyridine rings is 1. The topological polar surface area (TPSA) is 22.1 Å². The summed E-state index contributed by atoms with van der Waals surface area (Å²) in [5, 5.41) is 0. The summed E-state index contributed by atoms with van der Waals surface area (Å²) in [6.07, 6.45) is 2.14. The van der Waals surface area contributed by atoms with Gasteiger partial charge >= 0.3 is 58.4 Å². The molecule has 0 spiro atoms. The van der Waals surface area contributed by atoms with Gasteiger partial charge in [-0.15, -0.1) is 0 Å². The average Bonchev–Trinajstić information content (AvgIpc) is 2.03. The summed E-state index contributed by atoms with van der Waals surface area (Å²) >= 11 is 0. The van der Waals surface area contributed by atoms with E-state index in [9.17, 15) is 12.9 Å². The van der Waals surface area contributed by atoms with Crippen LogP contribution in [0.5, 0.6) is 5.75 Å². The van der Waals surface area contributed by atoms with E-state index < -0.39 is 12.4 Å². The fourth-order valence-corrected chi connectivity index (χ4v) is 0.832. The zero-order chi connectivity index (χ0) is 9.19. The predicted molar refractivity (Wildman–Crippen MR) is 39.5 cm³/mol. The minimum atomic E-state index is -5.00. The largest absolute Gasteiger partial charge is 1.00 e. The Hall–Kier alpha value is 0.441. The van der Waals surface area contributed by atoms with Gasteiger partial charge in [0.1, 0.15) is 5.75 Å². The molecule has 0 saturated carbocycles. The molecule has 0 amide bonds. The van der Waals surface area contributed by atoms with E-state index in [2.05, 4.69) is 9.72 Å². The molecule has 0 aliphatic carbocycles. The normalized spacial score (nSPS) is 10.5. The van der Waals surface area contributed by atoms with Gasteiger partial charge < -0.3 is 17.7 Å². The van der Waals surface area contributed by atoms with Crippen molar-refractivity contribution in [1.82, 2.24) is 4.98 Å². The molecule has 0 unspecified atom stereocenters. The van der Waals surface area contributed by atoms with E-state index in [4.69, 9.17) is 0 Å². The quantitative estimate of drug-likeness (QED) is 0.540. The molecular formula is C6H6BF3KNO. The first-order valence-corrected chi connectivity index (χ1v) is 3.23. The molecule has 1 heterocycles. The van der Waals surface area contributed by atoms with Crippen molar-refractivity contribution in [2.75, 3.05) is 7.11 Å². The van der Waals surface area contributed by atoms with E-state index in [1.807, 2.05) is 0 Å². The standard InChI is InChI=1S/C6H6BF3NO.K/c1-12-6-4-11-3-2-5(6)7(8,9)10;/h2-4H,1H3;/q-1;+1. The summed E-state index contributed by atoms with van der Waals surface area (Å²) in [4.78, 5) is 3.51. The number of rotatable bonds is 2. The van der Waals surface area contributed by atoms with Crippen LogP contribution in [-0.4, -0.2) is 19.1 Å². The second-order valence-electron chi connectivity index (χ2n) is 2.19. The van der Waals surface area contributed by atoms with Crippen molar-refractivity contribution in [2.45, 2.75) is 0 Å². The molecule has 2 nitrogen and oxygen atoms in total. The predicted octanol–water partition coefficient (Wildman–Crippen LogP) is -1.85. The number of hydrogen-bond donors (Lipinski definition) is 0.